The molecule has 2 aromatic heterocycles. The lowest BCUT2D eigenvalue weighted by molar-refractivity contribution is 0.158. The van der Waals surface area contributed by atoms with E-state index in [1.165, 1.54) is 32.1 Å². The van der Waals surface area contributed by atoms with E-state index in [0.717, 1.165) is 23.8 Å². The number of fused-ring (bicyclic) bond motifs is 1. The van der Waals surface area contributed by atoms with Crippen molar-refractivity contribution in [2.24, 2.45) is 5.92 Å². The summed E-state index contributed by atoms with van der Waals surface area (Å²) in [4.78, 5) is 4.58. The van der Waals surface area contributed by atoms with Crippen molar-refractivity contribution in [3.63, 3.8) is 0 Å². The molecule has 1 aliphatic carbocycles. The van der Waals surface area contributed by atoms with Gasteiger partial charge in [-0.05, 0) is 43.0 Å². The Hall–Kier alpha value is -1.20. The van der Waals surface area contributed by atoms with Crippen LogP contribution in [0.25, 0.3) is 11.4 Å². The molecule has 0 aromatic carbocycles. The summed E-state index contributed by atoms with van der Waals surface area (Å²) < 4.78 is 5.49. The smallest absolute Gasteiger partial charge is 0.244 e. The van der Waals surface area contributed by atoms with Crippen molar-refractivity contribution in [1.29, 1.82) is 0 Å². The molecule has 0 amide bonds. The van der Waals surface area contributed by atoms with Crippen molar-refractivity contribution in [2.75, 3.05) is 0 Å². The van der Waals surface area contributed by atoms with Gasteiger partial charge in [0.25, 0.3) is 0 Å². The molecule has 2 aromatic rings. The van der Waals surface area contributed by atoms with Gasteiger partial charge in [-0.2, -0.15) is 16.3 Å². The van der Waals surface area contributed by atoms with Crippen molar-refractivity contribution in [3.8, 4) is 11.4 Å². The van der Waals surface area contributed by atoms with Gasteiger partial charge < -0.3 is 9.84 Å². The second kappa shape index (κ2) is 5.30. The second-order valence-electron chi connectivity index (χ2n) is 5.92. The molecular formula is C15H19N3OS. The van der Waals surface area contributed by atoms with Crippen molar-refractivity contribution >= 4 is 11.3 Å². The van der Waals surface area contributed by atoms with E-state index >= 15 is 0 Å². The minimum absolute atomic E-state index is 0.245. The maximum absolute atomic E-state index is 5.49. The SMILES string of the molecule is c1cc(-c2noc(C3CCC4CCCCC4N3)n2)cs1. The maximum atomic E-state index is 5.49. The molecule has 20 heavy (non-hydrogen) atoms. The minimum atomic E-state index is 0.245. The van der Waals surface area contributed by atoms with Crippen LogP contribution in [0, 0.1) is 5.92 Å². The number of hydrogen-bond donors (Lipinski definition) is 1. The van der Waals surface area contributed by atoms with E-state index in [0.29, 0.717) is 11.9 Å². The predicted octanol–water partition coefficient (Wildman–Crippen LogP) is 3.78. The van der Waals surface area contributed by atoms with Crippen molar-refractivity contribution in [2.45, 2.75) is 50.6 Å². The zero-order valence-electron chi connectivity index (χ0n) is 11.4. The molecule has 0 bridgehead atoms. The van der Waals surface area contributed by atoms with Gasteiger partial charge in [-0.3, -0.25) is 0 Å². The van der Waals surface area contributed by atoms with E-state index < -0.39 is 0 Å². The lowest BCUT2D eigenvalue weighted by atomic mass is 9.78. The van der Waals surface area contributed by atoms with E-state index in [-0.39, 0.29) is 6.04 Å². The molecule has 1 aliphatic heterocycles. The highest BCUT2D eigenvalue weighted by Crippen LogP contribution is 2.36. The summed E-state index contributed by atoms with van der Waals surface area (Å²) in [5.41, 5.74) is 1.05. The van der Waals surface area contributed by atoms with Crippen LogP contribution in [0.4, 0.5) is 0 Å². The number of thiophene rings is 1. The Labute approximate surface area is 122 Å². The highest BCUT2D eigenvalue weighted by Gasteiger charge is 2.34. The molecule has 4 rings (SSSR count). The van der Waals surface area contributed by atoms with Crippen molar-refractivity contribution < 1.29 is 4.52 Å². The predicted molar refractivity (Wildman–Crippen MR) is 78.5 cm³/mol. The Morgan fingerprint density at radius 3 is 3.05 bits per heavy atom. The molecule has 3 heterocycles. The third-order valence-corrected chi connectivity index (χ3v) is 5.35. The lowest BCUT2D eigenvalue weighted by Crippen LogP contribution is -2.44. The van der Waals surface area contributed by atoms with Crippen LogP contribution >= 0.6 is 11.3 Å². The summed E-state index contributed by atoms with van der Waals surface area (Å²) in [6.07, 6.45) is 7.84. The highest BCUT2D eigenvalue weighted by molar-refractivity contribution is 7.08. The fourth-order valence-corrected chi connectivity index (χ4v) is 4.21. The average Bonchev–Trinajstić information content (AvgIpc) is 3.17. The van der Waals surface area contributed by atoms with Crippen LogP contribution in [0.5, 0.6) is 0 Å². The molecule has 1 saturated heterocycles. The van der Waals surface area contributed by atoms with Gasteiger partial charge in [-0.1, -0.05) is 18.0 Å². The second-order valence-corrected chi connectivity index (χ2v) is 6.70. The summed E-state index contributed by atoms with van der Waals surface area (Å²) in [5, 5.41) is 11.9. The fraction of sp³-hybridized carbons (Fsp3) is 0.600. The van der Waals surface area contributed by atoms with Crippen LogP contribution in [0.3, 0.4) is 0 Å². The van der Waals surface area contributed by atoms with Crippen molar-refractivity contribution in [1.82, 2.24) is 15.5 Å². The number of nitrogens with one attached hydrogen (secondary N) is 1. The van der Waals surface area contributed by atoms with Crippen LogP contribution in [0.1, 0.15) is 50.5 Å². The molecule has 0 radical (unpaired) electrons. The zero-order valence-corrected chi connectivity index (χ0v) is 12.2. The third-order valence-electron chi connectivity index (χ3n) is 4.67. The van der Waals surface area contributed by atoms with Gasteiger partial charge in [0.1, 0.15) is 0 Å². The van der Waals surface area contributed by atoms with Gasteiger partial charge in [-0.15, -0.1) is 0 Å². The van der Waals surface area contributed by atoms with E-state index in [2.05, 4.69) is 20.8 Å². The van der Waals surface area contributed by atoms with Gasteiger partial charge in [0.15, 0.2) is 0 Å². The highest BCUT2D eigenvalue weighted by atomic mass is 32.1. The summed E-state index contributed by atoms with van der Waals surface area (Å²) >= 11 is 1.66. The van der Waals surface area contributed by atoms with E-state index in [1.807, 2.05) is 11.4 Å². The Bertz CT molecular complexity index is 565. The van der Waals surface area contributed by atoms with Crippen LogP contribution in [0.15, 0.2) is 21.3 Å². The Kier molecular flexibility index (Phi) is 3.32. The fourth-order valence-electron chi connectivity index (χ4n) is 3.58. The van der Waals surface area contributed by atoms with Crippen molar-refractivity contribution in [3.05, 3.63) is 22.7 Å². The molecule has 5 heteroatoms. The molecular weight excluding hydrogens is 270 g/mol. The molecule has 3 unspecified atom stereocenters. The molecule has 2 fully saturated rings. The Balaban J connectivity index is 1.50. The van der Waals surface area contributed by atoms with E-state index in [9.17, 15) is 0 Å². The van der Waals surface area contributed by atoms with Gasteiger partial charge in [-0.25, -0.2) is 0 Å². The summed E-state index contributed by atoms with van der Waals surface area (Å²) in [7, 11) is 0. The van der Waals surface area contributed by atoms with Crippen LogP contribution in [0.2, 0.25) is 0 Å². The van der Waals surface area contributed by atoms with Crippen LogP contribution < -0.4 is 5.32 Å². The molecule has 106 valence electrons. The average molecular weight is 289 g/mol. The molecule has 3 atom stereocenters. The third kappa shape index (κ3) is 2.29. The first-order chi connectivity index (χ1) is 9.90. The monoisotopic (exact) mass is 289 g/mol. The van der Waals surface area contributed by atoms with E-state index in [4.69, 9.17) is 4.52 Å². The lowest BCUT2D eigenvalue weighted by Gasteiger charge is -2.39. The summed E-state index contributed by atoms with van der Waals surface area (Å²) in [6.45, 7) is 0. The maximum Gasteiger partial charge on any atom is 0.244 e. The molecule has 4 nitrogen and oxygen atoms in total. The minimum Gasteiger partial charge on any atom is -0.337 e. The Morgan fingerprint density at radius 2 is 2.15 bits per heavy atom. The molecule has 0 spiro atoms. The number of nitrogens with zero attached hydrogens (tertiary/aromatic N) is 2. The quantitative estimate of drug-likeness (QED) is 0.914. The summed E-state index contributed by atoms with van der Waals surface area (Å²) in [5.74, 6) is 2.34. The van der Waals surface area contributed by atoms with Crippen LogP contribution in [-0.4, -0.2) is 16.2 Å². The molecule has 2 aliphatic rings. The number of rotatable bonds is 2. The first kappa shape index (κ1) is 12.5. The first-order valence-electron chi connectivity index (χ1n) is 7.52. The topological polar surface area (TPSA) is 51.0 Å². The Morgan fingerprint density at radius 1 is 1.20 bits per heavy atom. The largest absolute Gasteiger partial charge is 0.337 e. The first-order valence-corrected chi connectivity index (χ1v) is 8.46. The number of hydrogen-bond acceptors (Lipinski definition) is 5. The molecule has 1 saturated carbocycles. The number of piperidine rings is 1. The standard InChI is InChI=1S/C15H19N3OS/c1-2-4-12-10(3-1)5-6-13(16-12)15-17-14(18-19-15)11-7-8-20-9-11/h7-10,12-13,16H,1-6H2. The van der Waals surface area contributed by atoms with Gasteiger partial charge in [0.05, 0.1) is 6.04 Å². The number of aromatic nitrogens is 2. The van der Waals surface area contributed by atoms with Gasteiger partial charge in [0, 0.05) is 17.0 Å². The van der Waals surface area contributed by atoms with Gasteiger partial charge >= 0.3 is 0 Å². The van der Waals surface area contributed by atoms with Gasteiger partial charge in [0.2, 0.25) is 11.7 Å². The summed E-state index contributed by atoms with van der Waals surface area (Å²) in [6, 6.07) is 2.93. The van der Waals surface area contributed by atoms with E-state index in [1.54, 1.807) is 11.3 Å². The molecule has 1 N–H and O–H groups in total. The van der Waals surface area contributed by atoms with Crippen LogP contribution in [-0.2, 0) is 0 Å². The zero-order chi connectivity index (χ0) is 13.4. The normalized spacial score (nSPS) is 30.1.